The molecule has 0 fully saturated rings. The molecular formula is C16H17ClN2O2. The molecule has 1 aromatic heterocycles. The molecule has 0 saturated heterocycles. The summed E-state index contributed by atoms with van der Waals surface area (Å²) in [4.78, 5) is 18.2. The summed E-state index contributed by atoms with van der Waals surface area (Å²) in [6, 6.07) is 10.1. The van der Waals surface area contributed by atoms with E-state index in [0.29, 0.717) is 17.3 Å². The molecule has 1 N–H and O–H groups in total. The van der Waals surface area contributed by atoms with E-state index in [1.165, 1.54) is 0 Å². The Morgan fingerprint density at radius 1 is 1.29 bits per heavy atom. The number of nitrogens with zero attached hydrogens (tertiary/aromatic N) is 2. The van der Waals surface area contributed by atoms with E-state index in [9.17, 15) is 9.90 Å². The van der Waals surface area contributed by atoms with Crippen molar-refractivity contribution in [1.82, 2.24) is 9.88 Å². The molecule has 0 spiro atoms. The Hall–Kier alpha value is -2.07. The molecule has 0 aliphatic heterocycles. The average molecular weight is 305 g/mol. The number of aromatic nitrogens is 1. The molecule has 0 bridgehead atoms. The SMILES string of the molecule is CCc1cc(C(=O)N(C)Cc2ccc(O)cc2)cc(Cl)n1. The zero-order valence-corrected chi connectivity index (χ0v) is 12.8. The molecule has 0 saturated carbocycles. The van der Waals surface area contributed by atoms with E-state index in [0.717, 1.165) is 17.7 Å². The Balaban J connectivity index is 2.15. The Kier molecular flexibility index (Phi) is 4.81. The summed E-state index contributed by atoms with van der Waals surface area (Å²) in [7, 11) is 1.73. The van der Waals surface area contributed by atoms with E-state index in [-0.39, 0.29) is 11.7 Å². The molecular weight excluding hydrogens is 288 g/mol. The molecule has 21 heavy (non-hydrogen) atoms. The molecule has 0 atom stereocenters. The minimum absolute atomic E-state index is 0.109. The van der Waals surface area contributed by atoms with Crippen molar-refractivity contribution in [2.45, 2.75) is 19.9 Å². The monoisotopic (exact) mass is 304 g/mol. The number of aromatic hydroxyl groups is 1. The third kappa shape index (κ3) is 3.95. The Morgan fingerprint density at radius 3 is 2.57 bits per heavy atom. The minimum Gasteiger partial charge on any atom is -0.508 e. The number of hydrogen-bond acceptors (Lipinski definition) is 3. The van der Waals surface area contributed by atoms with Crippen LogP contribution in [0.2, 0.25) is 5.15 Å². The largest absolute Gasteiger partial charge is 0.508 e. The number of pyridine rings is 1. The van der Waals surface area contributed by atoms with Crippen molar-refractivity contribution >= 4 is 17.5 Å². The van der Waals surface area contributed by atoms with Crippen molar-refractivity contribution in [3.05, 3.63) is 58.4 Å². The summed E-state index contributed by atoms with van der Waals surface area (Å²) in [6.07, 6.45) is 0.725. The molecule has 0 aliphatic carbocycles. The average Bonchev–Trinajstić information content (AvgIpc) is 2.48. The molecule has 2 aromatic rings. The van der Waals surface area contributed by atoms with Crippen molar-refractivity contribution in [1.29, 1.82) is 0 Å². The number of carbonyl (C=O) groups is 1. The predicted octanol–water partition coefficient (Wildman–Crippen LogP) is 3.28. The van der Waals surface area contributed by atoms with Gasteiger partial charge >= 0.3 is 0 Å². The first-order chi connectivity index (χ1) is 9.99. The lowest BCUT2D eigenvalue weighted by Crippen LogP contribution is -2.26. The number of phenols is 1. The first kappa shape index (κ1) is 15.3. The summed E-state index contributed by atoms with van der Waals surface area (Å²) in [6.45, 7) is 2.42. The van der Waals surface area contributed by atoms with Crippen molar-refractivity contribution in [2.75, 3.05) is 7.05 Å². The number of aryl methyl sites for hydroxylation is 1. The van der Waals surface area contributed by atoms with Gasteiger partial charge in [0, 0.05) is 24.8 Å². The van der Waals surface area contributed by atoms with Gasteiger partial charge in [-0.15, -0.1) is 0 Å². The van der Waals surface area contributed by atoms with Crippen LogP contribution in [0.5, 0.6) is 5.75 Å². The smallest absolute Gasteiger partial charge is 0.254 e. The number of hydrogen-bond donors (Lipinski definition) is 1. The van der Waals surface area contributed by atoms with Crippen molar-refractivity contribution in [3.63, 3.8) is 0 Å². The van der Waals surface area contributed by atoms with Crippen molar-refractivity contribution in [3.8, 4) is 5.75 Å². The molecule has 0 radical (unpaired) electrons. The second-order valence-electron chi connectivity index (χ2n) is 4.85. The summed E-state index contributed by atoms with van der Waals surface area (Å²) in [5, 5.41) is 9.59. The molecule has 4 nitrogen and oxygen atoms in total. The van der Waals surface area contributed by atoms with Crippen LogP contribution in [-0.4, -0.2) is 27.9 Å². The van der Waals surface area contributed by atoms with Gasteiger partial charge in [-0.1, -0.05) is 30.7 Å². The minimum atomic E-state index is -0.109. The highest BCUT2D eigenvalue weighted by Crippen LogP contribution is 2.16. The molecule has 1 amide bonds. The van der Waals surface area contributed by atoms with E-state index >= 15 is 0 Å². The van der Waals surface area contributed by atoms with Gasteiger partial charge in [0.05, 0.1) is 0 Å². The number of carbonyl (C=O) groups excluding carboxylic acids is 1. The highest BCUT2D eigenvalue weighted by atomic mass is 35.5. The Bertz CT molecular complexity index is 641. The number of rotatable bonds is 4. The summed E-state index contributed by atoms with van der Waals surface area (Å²) in [5.41, 5.74) is 2.27. The Morgan fingerprint density at radius 2 is 1.95 bits per heavy atom. The van der Waals surface area contributed by atoms with Gasteiger partial charge in [-0.25, -0.2) is 4.98 Å². The lowest BCUT2D eigenvalue weighted by atomic mass is 10.1. The maximum Gasteiger partial charge on any atom is 0.254 e. The third-order valence-electron chi connectivity index (χ3n) is 3.16. The topological polar surface area (TPSA) is 53.4 Å². The van der Waals surface area contributed by atoms with Crippen LogP contribution in [0, 0.1) is 0 Å². The summed E-state index contributed by atoms with van der Waals surface area (Å²) in [5.74, 6) is 0.100. The fourth-order valence-electron chi connectivity index (χ4n) is 2.02. The molecule has 0 aliphatic rings. The van der Waals surface area contributed by atoms with E-state index in [4.69, 9.17) is 11.6 Å². The van der Waals surface area contributed by atoms with Crippen LogP contribution in [0.3, 0.4) is 0 Å². The second kappa shape index (κ2) is 6.59. The van der Waals surface area contributed by atoms with E-state index in [1.807, 2.05) is 6.92 Å². The highest BCUT2D eigenvalue weighted by molar-refractivity contribution is 6.29. The molecule has 1 heterocycles. The van der Waals surface area contributed by atoms with E-state index in [2.05, 4.69) is 4.98 Å². The van der Waals surface area contributed by atoms with Crippen LogP contribution in [0.15, 0.2) is 36.4 Å². The van der Waals surface area contributed by atoms with Gasteiger partial charge in [-0.2, -0.15) is 0 Å². The zero-order valence-electron chi connectivity index (χ0n) is 12.0. The van der Waals surface area contributed by atoms with Gasteiger partial charge < -0.3 is 10.0 Å². The predicted molar refractivity (Wildman–Crippen MR) is 82.5 cm³/mol. The van der Waals surface area contributed by atoms with Gasteiger partial charge in [0.1, 0.15) is 10.9 Å². The molecule has 1 aromatic carbocycles. The summed E-state index contributed by atoms with van der Waals surface area (Å²) < 4.78 is 0. The van der Waals surface area contributed by atoms with Crippen LogP contribution in [0.25, 0.3) is 0 Å². The summed E-state index contributed by atoms with van der Waals surface area (Å²) >= 11 is 5.95. The fraction of sp³-hybridized carbons (Fsp3) is 0.250. The quantitative estimate of drug-likeness (QED) is 0.882. The first-order valence-electron chi connectivity index (χ1n) is 6.69. The number of halogens is 1. The number of benzene rings is 1. The Labute approximate surface area is 129 Å². The van der Waals surface area contributed by atoms with Gasteiger partial charge in [0.2, 0.25) is 0 Å². The van der Waals surface area contributed by atoms with Crippen LogP contribution in [0.4, 0.5) is 0 Å². The lowest BCUT2D eigenvalue weighted by molar-refractivity contribution is 0.0785. The fourth-order valence-corrected chi connectivity index (χ4v) is 2.25. The third-order valence-corrected chi connectivity index (χ3v) is 3.35. The standard InChI is InChI=1S/C16H17ClN2O2/c1-3-13-8-12(9-15(17)18-13)16(21)19(2)10-11-4-6-14(20)7-5-11/h4-9,20H,3,10H2,1-2H3. The zero-order chi connectivity index (χ0) is 15.4. The molecule has 110 valence electrons. The van der Waals surface area contributed by atoms with E-state index in [1.54, 1.807) is 48.3 Å². The van der Waals surface area contributed by atoms with Crippen LogP contribution >= 0.6 is 11.6 Å². The first-order valence-corrected chi connectivity index (χ1v) is 7.07. The lowest BCUT2D eigenvalue weighted by Gasteiger charge is -2.18. The van der Waals surface area contributed by atoms with Crippen molar-refractivity contribution in [2.24, 2.45) is 0 Å². The number of phenolic OH excluding ortho intramolecular Hbond substituents is 1. The van der Waals surface area contributed by atoms with Gasteiger partial charge in [-0.05, 0) is 36.2 Å². The maximum atomic E-state index is 12.4. The van der Waals surface area contributed by atoms with Crippen molar-refractivity contribution < 1.29 is 9.90 Å². The van der Waals surface area contributed by atoms with Gasteiger partial charge in [-0.3, -0.25) is 4.79 Å². The van der Waals surface area contributed by atoms with Crippen LogP contribution in [0.1, 0.15) is 28.5 Å². The second-order valence-corrected chi connectivity index (χ2v) is 5.24. The van der Waals surface area contributed by atoms with E-state index < -0.39 is 0 Å². The molecule has 5 heteroatoms. The molecule has 2 rings (SSSR count). The number of amides is 1. The molecule has 0 unspecified atom stereocenters. The van der Waals surface area contributed by atoms with Gasteiger partial charge in [0.25, 0.3) is 5.91 Å². The van der Waals surface area contributed by atoms with Crippen LogP contribution in [-0.2, 0) is 13.0 Å². The van der Waals surface area contributed by atoms with Crippen LogP contribution < -0.4 is 0 Å². The highest BCUT2D eigenvalue weighted by Gasteiger charge is 2.14. The normalized spacial score (nSPS) is 10.4. The maximum absolute atomic E-state index is 12.4. The van der Waals surface area contributed by atoms with Gasteiger partial charge in [0.15, 0.2) is 0 Å².